The summed E-state index contributed by atoms with van der Waals surface area (Å²) < 4.78 is 0. The molecule has 1 aromatic carbocycles. The van der Waals surface area contributed by atoms with Crippen LogP contribution in [0.4, 0.5) is 5.82 Å². The molecule has 0 radical (unpaired) electrons. The van der Waals surface area contributed by atoms with Crippen LogP contribution in [0.1, 0.15) is 48.2 Å². The van der Waals surface area contributed by atoms with Crippen molar-refractivity contribution in [2.45, 2.75) is 44.7 Å². The molecular weight excluding hydrogens is 304 g/mol. The Bertz CT molecular complexity index is 696. The molecule has 0 atom stereocenters. The van der Waals surface area contributed by atoms with Gasteiger partial charge in [0.25, 0.3) is 5.91 Å². The van der Waals surface area contributed by atoms with Gasteiger partial charge >= 0.3 is 0 Å². The smallest absolute Gasteiger partial charge is 0.276 e. The number of phenols is 1. The Morgan fingerprint density at radius 3 is 2.46 bits per heavy atom. The number of aromatic hydroxyl groups is 1. The molecule has 3 N–H and O–H groups in total. The number of rotatable bonds is 4. The van der Waals surface area contributed by atoms with E-state index >= 15 is 0 Å². The summed E-state index contributed by atoms with van der Waals surface area (Å²) in [6.07, 6.45) is 8.42. The Labute approximate surface area is 141 Å². The second-order valence-corrected chi connectivity index (χ2v) is 6.18. The third kappa shape index (κ3) is 3.64. The summed E-state index contributed by atoms with van der Waals surface area (Å²) >= 11 is 0. The van der Waals surface area contributed by atoms with Crippen LogP contribution in [-0.2, 0) is 6.54 Å². The summed E-state index contributed by atoms with van der Waals surface area (Å²) in [5.41, 5.74) is 7.02. The Balaban J connectivity index is 1.87. The maximum absolute atomic E-state index is 13.0. The van der Waals surface area contributed by atoms with E-state index in [1.54, 1.807) is 12.1 Å². The van der Waals surface area contributed by atoms with E-state index in [2.05, 4.69) is 9.97 Å². The Morgan fingerprint density at radius 1 is 1.12 bits per heavy atom. The van der Waals surface area contributed by atoms with Crippen LogP contribution in [0.25, 0.3) is 0 Å². The van der Waals surface area contributed by atoms with E-state index in [1.165, 1.54) is 18.8 Å². The highest BCUT2D eigenvalue weighted by molar-refractivity contribution is 5.96. The average molecular weight is 326 g/mol. The highest BCUT2D eigenvalue weighted by Crippen LogP contribution is 2.26. The van der Waals surface area contributed by atoms with Gasteiger partial charge in [-0.15, -0.1) is 0 Å². The summed E-state index contributed by atoms with van der Waals surface area (Å²) in [6, 6.07) is 7.11. The standard InChI is InChI=1S/C18H22N4O2/c19-17-16(20-10-11-21-17)18(24)22(14-4-2-1-3-5-14)12-13-6-8-15(23)9-7-13/h6-11,14,23H,1-5,12H2,(H2,19,21). The summed E-state index contributed by atoms with van der Waals surface area (Å²) in [7, 11) is 0. The van der Waals surface area contributed by atoms with Crippen molar-refractivity contribution in [1.29, 1.82) is 0 Å². The van der Waals surface area contributed by atoms with Gasteiger partial charge < -0.3 is 15.7 Å². The molecule has 3 rings (SSSR count). The fraction of sp³-hybridized carbons (Fsp3) is 0.389. The number of carbonyl (C=O) groups excluding carboxylic acids is 1. The molecule has 0 spiro atoms. The van der Waals surface area contributed by atoms with Crippen LogP contribution < -0.4 is 5.73 Å². The van der Waals surface area contributed by atoms with Crippen LogP contribution in [0.15, 0.2) is 36.7 Å². The first-order chi connectivity index (χ1) is 11.6. The fourth-order valence-electron chi connectivity index (χ4n) is 3.21. The maximum Gasteiger partial charge on any atom is 0.276 e. The molecule has 2 aromatic rings. The molecule has 6 nitrogen and oxygen atoms in total. The Morgan fingerprint density at radius 2 is 1.79 bits per heavy atom. The first-order valence-corrected chi connectivity index (χ1v) is 8.30. The number of carbonyl (C=O) groups is 1. The van der Waals surface area contributed by atoms with Gasteiger partial charge in [-0.05, 0) is 30.5 Å². The quantitative estimate of drug-likeness (QED) is 0.901. The molecule has 126 valence electrons. The molecular formula is C18H22N4O2. The van der Waals surface area contributed by atoms with Crippen molar-refractivity contribution in [3.8, 4) is 5.75 Å². The summed E-state index contributed by atoms with van der Waals surface area (Å²) in [4.78, 5) is 23.0. The lowest BCUT2D eigenvalue weighted by Crippen LogP contribution is -2.41. The number of phenolic OH excluding ortho intramolecular Hbond substituents is 1. The van der Waals surface area contributed by atoms with E-state index in [1.807, 2.05) is 17.0 Å². The van der Waals surface area contributed by atoms with Gasteiger partial charge in [-0.2, -0.15) is 0 Å². The van der Waals surface area contributed by atoms with Crippen LogP contribution in [0.3, 0.4) is 0 Å². The number of nitrogens with two attached hydrogens (primary N) is 1. The Hall–Kier alpha value is -2.63. The van der Waals surface area contributed by atoms with Crippen LogP contribution in [0, 0.1) is 0 Å². The molecule has 1 heterocycles. The van der Waals surface area contributed by atoms with E-state index in [0.717, 1.165) is 31.2 Å². The molecule has 0 bridgehead atoms. The van der Waals surface area contributed by atoms with Gasteiger partial charge in [0, 0.05) is 25.0 Å². The third-order valence-electron chi connectivity index (χ3n) is 4.49. The summed E-state index contributed by atoms with van der Waals surface area (Å²) in [5, 5.41) is 9.45. The SMILES string of the molecule is Nc1nccnc1C(=O)N(Cc1ccc(O)cc1)C1CCCCC1. The summed E-state index contributed by atoms with van der Waals surface area (Å²) in [5.74, 6) is 0.196. The first-order valence-electron chi connectivity index (χ1n) is 8.30. The van der Waals surface area contributed by atoms with Crippen LogP contribution in [0.2, 0.25) is 0 Å². The zero-order valence-corrected chi connectivity index (χ0v) is 13.6. The zero-order valence-electron chi connectivity index (χ0n) is 13.6. The highest BCUT2D eigenvalue weighted by Gasteiger charge is 2.28. The number of nitrogen functional groups attached to an aromatic ring is 1. The van der Waals surface area contributed by atoms with Crippen molar-refractivity contribution in [3.63, 3.8) is 0 Å². The van der Waals surface area contributed by atoms with Crippen LogP contribution >= 0.6 is 0 Å². The lowest BCUT2D eigenvalue weighted by molar-refractivity contribution is 0.0609. The molecule has 1 amide bonds. The molecule has 1 fully saturated rings. The van der Waals surface area contributed by atoms with E-state index in [0.29, 0.717) is 6.54 Å². The van der Waals surface area contributed by atoms with Gasteiger partial charge in [-0.1, -0.05) is 31.4 Å². The summed E-state index contributed by atoms with van der Waals surface area (Å²) in [6.45, 7) is 0.472. The lowest BCUT2D eigenvalue weighted by atomic mass is 9.93. The lowest BCUT2D eigenvalue weighted by Gasteiger charge is -2.34. The van der Waals surface area contributed by atoms with Gasteiger partial charge in [0.05, 0.1) is 0 Å². The highest BCUT2D eigenvalue weighted by atomic mass is 16.3. The number of benzene rings is 1. The van der Waals surface area contributed by atoms with Crippen LogP contribution in [-0.4, -0.2) is 31.9 Å². The van der Waals surface area contributed by atoms with Crippen molar-refractivity contribution in [1.82, 2.24) is 14.9 Å². The van der Waals surface area contributed by atoms with Gasteiger partial charge in [0.1, 0.15) is 5.75 Å². The third-order valence-corrected chi connectivity index (χ3v) is 4.49. The van der Waals surface area contributed by atoms with Crippen molar-refractivity contribution in [3.05, 3.63) is 47.9 Å². The van der Waals surface area contributed by atoms with Gasteiger partial charge in [0.2, 0.25) is 0 Å². The van der Waals surface area contributed by atoms with Crippen molar-refractivity contribution in [2.24, 2.45) is 0 Å². The van der Waals surface area contributed by atoms with Gasteiger partial charge in [0.15, 0.2) is 11.5 Å². The number of aromatic nitrogens is 2. The fourth-order valence-corrected chi connectivity index (χ4v) is 3.21. The van der Waals surface area contributed by atoms with E-state index < -0.39 is 0 Å². The van der Waals surface area contributed by atoms with E-state index in [9.17, 15) is 9.90 Å². The normalized spacial score (nSPS) is 15.2. The molecule has 6 heteroatoms. The number of amides is 1. The second-order valence-electron chi connectivity index (χ2n) is 6.18. The minimum atomic E-state index is -0.180. The average Bonchev–Trinajstić information content (AvgIpc) is 2.62. The van der Waals surface area contributed by atoms with E-state index in [-0.39, 0.29) is 29.2 Å². The van der Waals surface area contributed by atoms with Crippen molar-refractivity contribution >= 4 is 11.7 Å². The van der Waals surface area contributed by atoms with E-state index in [4.69, 9.17) is 5.73 Å². The largest absolute Gasteiger partial charge is 0.508 e. The number of anilines is 1. The predicted molar refractivity (Wildman–Crippen MR) is 91.3 cm³/mol. The molecule has 1 aliphatic rings. The molecule has 0 saturated heterocycles. The number of hydrogen-bond donors (Lipinski definition) is 2. The van der Waals surface area contributed by atoms with Gasteiger partial charge in [-0.25, -0.2) is 9.97 Å². The molecule has 0 aliphatic heterocycles. The second kappa shape index (κ2) is 7.29. The maximum atomic E-state index is 13.0. The minimum Gasteiger partial charge on any atom is -0.508 e. The molecule has 1 aromatic heterocycles. The molecule has 24 heavy (non-hydrogen) atoms. The predicted octanol–water partition coefficient (Wildman–Crippen LogP) is 2.74. The topological polar surface area (TPSA) is 92.3 Å². The number of nitrogens with zero attached hydrogens (tertiary/aromatic N) is 3. The van der Waals surface area contributed by atoms with Crippen LogP contribution in [0.5, 0.6) is 5.75 Å². The molecule has 1 saturated carbocycles. The molecule has 1 aliphatic carbocycles. The minimum absolute atomic E-state index is 0.161. The molecule has 0 unspecified atom stereocenters. The monoisotopic (exact) mass is 326 g/mol. The first kappa shape index (κ1) is 16.2. The van der Waals surface area contributed by atoms with Crippen molar-refractivity contribution < 1.29 is 9.90 Å². The van der Waals surface area contributed by atoms with Gasteiger partial charge in [-0.3, -0.25) is 4.79 Å². The Kier molecular flexibility index (Phi) is 4.93. The number of hydrogen-bond acceptors (Lipinski definition) is 5. The zero-order chi connectivity index (χ0) is 16.9. The van der Waals surface area contributed by atoms with Crippen molar-refractivity contribution in [2.75, 3.05) is 5.73 Å².